The van der Waals surface area contributed by atoms with E-state index in [4.69, 9.17) is 52.1 Å². The maximum Gasteiger partial charge on any atom is 0.309 e. The van der Waals surface area contributed by atoms with Crippen LogP contribution in [0.25, 0.3) is 0 Å². The number of esters is 3. The highest BCUT2D eigenvalue weighted by Crippen LogP contribution is 2.37. The summed E-state index contributed by atoms with van der Waals surface area (Å²) < 4.78 is 68.0. The maximum absolute atomic E-state index is 13.7. The van der Waals surface area contributed by atoms with E-state index in [0.717, 1.165) is 109 Å². The van der Waals surface area contributed by atoms with E-state index < -0.39 is 147 Å². The molecular formula is C55H96O20. The molecule has 5 rings (SSSR count). The minimum Gasteiger partial charge on any atom is -0.457 e. The molecule has 6 N–H and O–H groups in total. The molecule has 5 aliphatic rings. The molecule has 22 atom stereocenters. The van der Waals surface area contributed by atoms with Crippen molar-refractivity contribution >= 4 is 17.9 Å². The average molecular weight is 1080 g/mol. The summed E-state index contributed by atoms with van der Waals surface area (Å²) in [5.41, 5.74) is 0. The van der Waals surface area contributed by atoms with E-state index in [1.807, 2.05) is 6.92 Å². The van der Waals surface area contributed by atoms with Crippen molar-refractivity contribution in [2.24, 2.45) is 5.92 Å². The van der Waals surface area contributed by atoms with E-state index in [9.17, 15) is 45.0 Å². The van der Waals surface area contributed by atoms with Crippen LogP contribution in [0.15, 0.2) is 0 Å². The Kier molecular flexibility index (Phi) is 27.3. The fraction of sp³-hybridized carbons (Fsp3) is 0.945. The number of fused-ring (bicyclic) bond motifs is 3. The van der Waals surface area contributed by atoms with Crippen LogP contribution >= 0.6 is 0 Å². The van der Waals surface area contributed by atoms with Gasteiger partial charge in [-0.3, -0.25) is 14.4 Å². The minimum absolute atomic E-state index is 0.0210. The molecule has 20 heteroatoms. The molecule has 5 heterocycles. The third-order valence-electron chi connectivity index (χ3n) is 15.6. The summed E-state index contributed by atoms with van der Waals surface area (Å²) in [5, 5.41) is 69.5. The Balaban J connectivity index is 1.40. The van der Waals surface area contributed by atoms with Crippen LogP contribution in [0.1, 0.15) is 197 Å². The van der Waals surface area contributed by atoms with Crippen LogP contribution in [-0.4, -0.2) is 177 Å². The number of hydrogen-bond acceptors (Lipinski definition) is 20. The van der Waals surface area contributed by atoms with Gasteiger partial charge in [-0.15, -0.1) is 0 Å². The SMILES string of the molecule is CCCCCCCCCC(=O)O[C@H]1[C@@H](O)[C@H](O[C@@H]2[C@H]3OC(=O)CCCCCCCCC[C@H](CCCCC)O[C@@H]4O[C@H](C)[C@H](O)[C@H](O)[C@H]4O[C@H](O[C@H]2C)[C@@H]3O)O[C@@H](C)[C@@H]1O[C@@H]1O[C@@H](C)[C@H](OC(=O)[C@@H](C)CC)[C@@H](O)[C@H]1O. The number of carbonyl (C=O) groups excluding carboxylic acids is 3. The first-order valence-corrected chi connectivity index (χ1v) is 28.8. The first-order valence-electron chi connectivity index (χ1n) is 28.8. The Labute approximate surface area is 445 Å². The predicted octanol–water partition coefficient (Wildman–Crippen LogP) is 5.70. The van der Waals surface area contributed by atoms with Crippen molar-refractivity contribution < 1.29 is 97.1 Å². The minimum atomic E-state index is -1.81. The molecule has 5 fully saturated rings. The number of aliphatic hydroxyl groups is 6. The third kappa shape index (κ3) is 18.4. The van der Waals surface area contributed by atoms with Crippen molar-refractivity contribution in [3.8, 4) is 0 Å². The first kappa shape index (κ1) is 63.7. The quantitative estimate of drug-likeness (QED) is 0.0485. The normalized spacial score (nSPS) is 40.2. The van der Waals surface area contributed by atoms with Crippen LogP contribution < -0.4 is 0 Å². The van der Waals surface area contributed by atoms with Crippen LogP contribution in [0.4, 0.5) is 0 Å². The van der Waals surface area contributed by atoms with Gasteiger partial charge in [0.15, 0.2) is 43.5 Å². The van der Waals surface area contributed by atoms with Gasteiger partial charge in [-0.2, -0.15) is 0 Å². The Hall–Kier alpha value is -2.15. The standard InChI is InChI=1S/C55H96O20/c1-9-12-14-15-17-21-25-29-37(56)70-48-43(62)53(67-34(7)46(48)73-52-42(61)41(60)45(33(6)66-52)72-51(64)31(4)11-3)74-47-35(8)68-54-44(63)49(47)71-38(57)30-26-22-19-16-18-20-24-28-36(27-23-13-10-2)69-55-50(75-54)40(59)39(58)32(5)65-55/h31-36,39-50,52-55,58-63H,9-30H2,1-8H3/t31-,32+,33-,34-,35-,36-,39-,40-,41-,42+,43+,44+,45-,46-,47-,48-,49-,50+,52-,53-,54-,55-/m0/s1. The van der Waals surface area contributed by atoms with E-state index in [1.54, 1.807) is 34.6 Å². The zero-order valence-electron chi connectivity index (χ0n) is 46.2. The second-order valence-electron chi connectivity index (χ2n) is 21.8. The molecule has 2 bridgehead atoms. The summed E-state index contributed by atoms with van der Waals surface area (Å²) >= 11 is 0. The molecular weight excluding hydrogens is 981 g/mol. The van der Waals surface area contributed by atoms with Crippen molar-refractivity contribution in [2.75, 3.05) is 0 Å². The Bertz CT molecular complexity index is 1660. The number of hydrogen-bond donors (Lipinski definition) is 6. The smallest absolute Gasteiger partial charge is 0.309 e. The van der Waals surface area contributed by atoms with E-state index in [1.165, 1.54) is 0 Å². The summed E-state index contributed by atoms with van der Waals surface area (Å²) in [6.07, 6.45) is -10.6. The largest absolute Gasteiger partial charge is 0.457 e. The van der Waals surface area contributed by atoms with Crippen molar-refractivity contribution in [2.45, 2.75) is 326 Å². The van der Waals surface area contributed by atoms with Gasteiger partial charge in [-0.25, -0.2) is 0 Å². The average Bonchev–Trinajstić information content (AvgIpc) is 3.38. The molecule has 5 aliphatic heterocycles. The number of unbranched alkanes of at least 4 members (excludes halogenated alkanes) is 8. The van der Waals surface area contributed by atoms with Gasteiger partial charge in [0.25, 0.3) is 0 Å². The van der Waals surface area contributed by atoms with Gasteiger partial charge in [0.05, 0.1) is 36.4 Å². The van der Waals surface area contributed by atoms with Gasteiger partial charge in [0.1, 0.15) is 54.9 Å². The zero-order valence-corrected chi connectivity index (χ0v) is 46.2. The van der Waals surface area contributed by atoms with E-state index in [0.29, 0.717) is 19.3 Å². The second kappa shape index (κ2) is 32.2. The fourth-order valence-corrected chi connectivity index (χ4v) is 10.5. The highest BCUT2D eigenvalue weighted by molar-refractivity contribution is 5.72. The highest BCUT2D eigenvalue weighted by atomic mass is 16.8. The molecule has 0 saturated carbocycles. The molecule has 0 spiro atoms. The Morgan fingerprint density at radius 1 is 0.533 bits per heavy atom. The monoisotopic (exact) mass is 1080 g/mol. The summed E-state index contributed by atoms with van der Waals surface area (Å²) in [6, 6.07) is 0. The number of ether oxygens (including phenoxy) is 11. The van der Waals surface area contributed by atoms with Crippen molar-refractivity contribution in [3.05, 3.63) is 0 Å². The van der Waals surface area contributed by atoms with Gasteiger partial charge in [0, 0.05) is 12.8 Å². The van der Waals surface area contributed by atoms with Gasteiger partial charge >= 0.3 is 17.9 Å². The van der Waals surface area contributed by atoms with Crippen LogP contribution in [0.3, 0.4) is 0 Å². The molecule has 0 radical (unpaired) electrons. The zero-order chi connectivity index (χ0) is 54.8. The van der Waals surface area contributed by atoms with Crippen molar-refractivity contribution in [3.63, 3.8) is 0 Å². The highest BCUT2D eigenvalue weighted by Gasteiger charge is 2.56. The lowest BCUT2D eigenvalue weighted by Crippen LogP contribution is -2.67. The molecule has 0 aromatic carbocycles. The van der Waals surface area contributed by atoms with Gasteiger partial charge < -0.3 is 82.7 Å². The third-order valence-corrected chi connectivity index (χ3v) is 15.6. The number of aliphatic hydroxyl groups excluding tert-OH is 6. The predicted molar refractivity (Wildman–Crippen MR) is 270 cm³/mol. The molecule has 0 unspecified atom stereocenters. The molecule has 0 aromatic rings. The van der Waals surface area contributed by atoms with Crippen LogP contribution in [-0.2, 0) is 66.5 Å². The van der Waals surface area contributed by atoms with E-state index >= 15 is 0 Å². The van der Waals surface area contributed by atoms with Crippen LogP contribution in [0.5, 0.6) is 0 Å². The van der Waals surface area contributed by atoms with Gasteiger partial charge in [-0.05, 0) is 59.8 Å². The van der Waals surface area contributed by atoms with Crippen LogP contribution in [0.2, 0.25) is 0 Å². The van der Waals surface area contributed by atoms with Crippen LogP contribution in [0, 0.1) is 5.92 Å². The van der Waals surface area contributed by atoms with Crippen molar-refractivity contribution in [1.82, 2.24) is 0 Å². The number of rotatable bonds is 20. The Morgan fingerprint density at radius 2 is 1.11 bits per heavy atom. The van der Waals surface area contributed by atoms with E-state index in [2.05, 4.69) is 13.8 Å². The molecule has 5 saturated heterocycles. The summed E-state index contributed by atoms with van der Waals surface area (Å²) in [6.45, 7) is 14.1. The first-order chi connectivity index (χ1) is 35.9. The molecule has 20 nitrogen and oxygen atoms in total. The van der Waals surface area contributed by atoms with Gasteiger partial charge in [0.2, 0.25) is 0 Å². The maximum atomic E-state index is 13.7. The lowest BCUT2D eigenvalue weighted by molar-refractivity contribution is -0.387. The molecule has 0 aliphatic carbocycles. The summed E-state index contributed by atoms with van der Waals surface area (Å²) in [5.74, 6) is -2.32. The summed E-state index contributed by atoms with van der Waals surface area (Å²) in [4.78, 5) is 40.0. The van der Waals surface area contributed by atoms with Crippen molar-refractivity contribution in [1.29, 1.82) is 0 Å². The lowest BCUT2D eigenvalue weighted by atomic mass is 9.95. The molecule has 75 heavy (non-hydrogen) atoms. The summed E-state index contributed by atoms with van der Waals surface area (Å²) in [7, 11) is 0. The molecule has 0 amide bonds. The van der Waals surface area contributed by atoms with Gasteiger partial charge in [-0.1, -0.05) is 124 Å². The second-order valence-corrected chi connectivity index (χ2v) is 21.8. The molecule has 0 aromatic heterocycles. The topological polar surface area (TPSA) is 274 Å². The van der Waals surface area contributed by atoms with E-state index in [-0.39, 0.29) is 18.9 Å². The molecule has 436 valence electrons. The fourth-order valence-electron chi connectivity index (χ4n) is 10.5. The Morgan fingerprint density at radius 3 is 1.79 bits per heavy atom. The number of carbonyl (C=O) groups is 3. The lowest BCUT2D eigenvalue weighted by Gasteiger charge is -2.49.